The number of rotatable bonds is 6. The molecule has 0 aromatic heterocycles. The highest BCUT2D eigenvalue weighted by atomic mass is 35.5. The van der Waals surface area contributed by atoms with Crippen molar-refractivity contribution in [3.05, 3.63) is 70.7 Å². The van der Waals surface area contributed by atoms with Gasteiger partial charge in [0.25, 0.3) is 0 Å². The summed E-state index contributed by atoms with van der Waals surface area (Å²) in [6, 6.07) is 9.43. The fourth-order valence-corrected chi connectivity index (χ4v) is 1.69. The van der Waals surface area contributed by atoms with Gasteiger partial charge in [-0.3, -0.25) is 4.79 Å². The number of carbonyl (C=O) groups excluding carboxylic acids is 1. The molecule has 0 saturated heterocycles. The first-order chi connectivity index (χ1) is 9.10. The van der Waals surface area contributed by atoms with E-state index in [-0.39, 0.29) is 23.0 Å². The SMILES string of the molecule is C=C(F)/C(C=O)=C(Cl)\C(=C/C)OCc1ccccc1. The number of hydrogen-bond donors (Lipinski definition) is 0. The van der Waals surface area contributed by atoms with Crippen molar-refractivity contribution >= 4 is 17.9 Å². The molecule has 0 radical (unpaired) electrons. The van der Waals surface area contributed by atoms with Crippen molar-refractivity contribution in [1.29, 1.82) is 0 Å². The van der Waals surface area contributed by atoms with Gasteiger partial charge in [-0.1, -0.05) is 48.5 Å². The highest BCUT2D eigenvalue weighted by Gasteiger charge is 2.13. The molecule has 0 fully saturated rings. The lowest BCUT2D eigenvalue weighted by Gasteiger charge is -2.11. The molecule has 0 spiro atoms. The van der Waals surface area contributed by atoms with E-state index in [1.54, 1.807) is 13.0 Å². The first-order valence-electron chi connectivity index (χ1n) is 5.63. The van der Waals surface area contributed by atoms with Gasteiger partial charge in [0, 0.05) is 0 Å². The van der Waals surface area contributed by atoms with E-state index in [0.717, 1.165) is 5.56 Å². The van der Waals surface area contributed by atoms with Crippen LogP contribution in [0.4, 0.5) is 4.39 Å². The summed E-state index contributed by atoms with van der Waals surface area (Å²) < 4.78 is 18.5. The largest absolute Gasteiger partial charge is 0.488 e. The van der Waals surface area contributed by atoms with Crippen LogP contribution in [0.1, 0.15) is 12.5 Å². The van der Waals surface area contributed by atoms with E-state index in [1.165, 1.54) is 0 Å². The average molecular weight is 281 g/mol. The van der Waals surface area contributed by atoms with Crippen molar-refractivity contribution in [2.75, 3.05) is 0 Å². The summed E-state index contributed by atoms with van der Waals surface area (Å²) in [4.78, 5) is 10.8. The molecule has 2 nitrogen and oxygen atoms in total. The Morgan fingerprint density at radius 3 is 2.53 bits per heavy atom. The van der Waals surface area contributed by atoms with Crippen LogP contribution in [0.2, 0.25) is 0 Å². The van der Waals surface area contributed by atoms with Crippen molar-refractivity contribution < 1.29 is 13.9 Å². The van der Waals surface area contributed by atoms with Crippen LogP contribution < -0.4 is 0 Å². The number of carbonyl (C=O) groups is 1. The molecule has 1 rings (SSSR count). The maximum absolute atomic E-state index is 13.0. The zero-order valence-electron chi connectivity index (χ0n) is 10.5. The number of benzene rings is 1. The van der Waals surface area contributed by atoms with Crippen LogP contribution >= 0.6 is 11.6 Å². The van der Waals surface area contributed by atoms with E-state index in [0.29, 0.717) is 6.29 Å². The molecular formula is C15H14ClFO2. The van der Waals surface area contributed by atoms with Gasteiger partial charge in [0.2, 0.25) is 0 Å². The van der Waals surface area contributed by atoms with Crippen LogP contribution in [0.3, 0.4) is 0 Å². The first kappa shape index (κ1) is 15.2. The molecule has 4 heteroatoms. The second kappa shape index (κ2) is 7.54. The number of aldehydes is 1. The maximum Gasteiger partial charge on any atom is 0.154 e. The second-order valence-electron chi connectivity index (χ2n) is 3.68. The lowest BCUT2D eigenvalue weighted by Crippen LogP contribution is -1.98. The highest BCUT2D eigenvalue weighted by molar-refractivity contribution is 6.33. The van der Waals surface area contributed by atoms with Crippen LogP contribution in [0.15, 0.2) is 65.2 Å². The molecule has 0 atom stereocenters. The molecule has 100 valence electrons. The van der Waals surface area contributed by atoms with Crippen molar-refractivity contribution in [3.63, 3.8) is 0 Å². The Morgan fingerprint density at radius 1 is 1.42 bits per heavy atom. The van der Waals surface area contributed by atoms with Crippen molar-refractivity contribution in [2.45, 2.75) is 13.5 Å². The Kier molecular flexibility index (Phi) is 6.03. The minimum Gasteiger partial charge on any atom is -0.488 e. The normalized spacial score (nSPS) is 12.7. The van der Waals surface area contributed by atoms with Crippen LogP contribution in [-0.2, 0) is 16.1 Å². The van der Waals surface area contributed by atoms with E-state index < -0.39 is 5.83 Å². The molecule has 1 aromatic rings. The summed E-state index contributed by atoms with van der Waals surface area (Å²) >= 11 is 5.93. The van der Waals surface area contributed by atoms with E-state index in [1.807, 2.05) is 30.3 Å². The van der Waals surface area contributed by atoms with Gasteiger partial charge in [0.1, 0.15) is 18.2 Å². The molecule has 0 aliphatic carbocycles. The Hall–Kier alpha value is -1.87. The molecule has 0 bridgehead atoms. The zero-order valence-corrected chi connectivity index (χ0v) is 11.3. The highest BCUT2D eigenvalue weighted by Crippen LogP contribution is 2.25. The quantitative estimate of drug-likeness (QED) is 0.336. The molecule has 19 heavy (non-hydrogen) atoms. The van der Waals surface area contributed by atoms with E-state index in [4.69, 9.17) is 16.3 Å². The molecular weight excluding hydrogens is 267 g/mol. The molecule has 0 unspecified atom stereocenters. The topological polar surface area (TPSA) is 26.3 Å². The van der Waals surface area contributed by atoms with Gasteiger partial charge in [0.15, 0.2) is 6.29 Å². The van der Waals surface area contributed by atoms with Gasteiger partial charge in [0.05, 0.1) is 10.6 Å². The molecule has 0 N–H and O–H groups in total. The number of halogens is 2. The first-order valence-corrected chi connectivity index (χ1v) is 6.01. The second-order valence-corrected chi connectivity index (χ2v) is 4.06. The minimum absolute atomic E-state index is 0.0825. The lowest BCUT2D eigenvalue weighted by atomic mass is 10.2. The zero-order chi connectivity index (χ0) is 14.3. The van der Waals surface area contributed by atoms with Crippen LogP contribution in [0.25, 0.3) is 0 Å². The third-order valence-corrected chi connectivity index (χ3v) is 2.75. The van der Waals surface area contributed by atoms with E-state index >= 15 is 0 Å². The average Bonchev–Trinajstić information content (AvgIpc) is 2.41. The smallest absolute Gasteiger partial charge is 0.154 e. The van der Waals surface area contributed by atoms with E-state index in [2.05, 4.69) is 6.58 Å². The standard InChI is InChI=1S/C15H14ClFO2/c1-3-14(15(16)13(9-18)11(2)17)19-10-12-7-5-4-6-8-12/h3-9H,2,10H2,1H3/b14-3+,15-13+. The Labute approximate surface area is 116 Å². The summed E-state index contributed by atoms with van der Waals surface area (Å²) in [6.45, 7) is 5.03. The summed E-state index contributed by atoms with van der Waals surface area (Å²) in [5.41, 5.74) is 0.640. The number of allylic oxidation sites excluding steroid dienone is 4. The third kappa shape index (κ3) is 4.38. The Bertz CT molecular complexity index is 518. The molecule has 1 aromatic carbocycles. The summed E-state index contributed by atoms with van der Waals surface area (Å²) in [5, 5.41) is -0.0825. The molecule has 0 aliphatic rings. The van der Waals surface area contributed by atoms with Gasteiger partial charge in [-0.05, 0) is 18.6 Å². The predicted octanol–water partition coefficient (Wildman–Crippen LogP) is 4.28. The van der Waals surface area contributed by atoms with Crippen molar-refractivity contribution in [3.8, 4) is 0 Å². The minimum atomic E-state index is -0.886. The Balaban J connectivity index is 2.85. The van der Waals surface area contributed by atoms with Crippen molar-refractivity contribution in [1.82, 2.24) is 0 Å². The van der Waals surface area contributed by atoms with Crippen molar-refractivity contribution in [2.24, 2.45) is 0 Å². The molecule has 0 saturated carbocycles. The van der Waals surface area contributed by atoms with Gasteiger partial charge in [-0.25, -0.2) is 4.39 Å². The van der Waals surface area contributed by atoms with Gasteiger partial charge in [-0.15, -0.1) is 0 Å². The van der Waals surface area contributed by atoms with Crippen LogP contribution in [0.5, 0.6) is 0 Å². The number of hydrogen-bond acceptors (Lipinski definition) is 2. The molecule has 0 amide bonds. The summed E-state index contributed by atoms with van der Waals surface area (Å²) in [6.07, 6.45) is 1.89. The summed E-state index contributed by atoms with van der Waals surface area (Å²) in [7, 11) is 0. The Morgan fingerprint density at radius 2 is 2.05 bits per heavy atom. The fraction of sp³-hybridized carbons (Fsp3) is 0.133. The van der Waals surface area contributed by atoms with E-state index in [9.17, 15) is 9.18 Å². The summed E-state index contributed by atoms with van der Waals surface area (Å²) in [5.74, 6) is -0.644. The fourth-order valence-electron chi connectivity index (χ4n) is 1.38. The molecule has 0 heterocycles. The monoisotopic (exact) mass is 280 g/mol. The number of ether oxygens (including phenoxy) is 1. The van der Waals surface area contributed by atoms with Gasteiger partial charge < -0.3 is 4.74 Å². The maximum atomic E-state index is 13.0. The lowest BCUT2D eigenvalue weighted by molar-refractivity contribution is -0.104. The van der Waals surface area contributed by atoms with Crippen LogP contribution in [-0.4, -0.2) is 6.29 Å². The predicted molar refractivity (Wildman–Crippen MR) is 74.2 cm³/mol. The van der Waals surface area contributed by atoms with Gasteiger partial charge >= 0.3 is 0 Å². The van der Waals surface area contributed by atoms with Crippen LogP contribution in [0, 0.1) is 0 Å². The third-order valence-electron chi connectivity index (χ3n) is 2.36. The molecule has 0 aliphatic heterocycles. The van der Waals surface area contributed by atoms with Gasteiger partial charge in [-0.2, -0.15) is 0 Å².